The first-order valence-electron chi connectivity index (χ1n) is 7.72. The first-order valence-corrected chi connectivity index (χ1v) is 7.72. The summed E-state index contributed by atoms with van der Waals surface area (Å²) >= 11 is 0. The van der Waals surface area contributed by atoms with Gasteiger partial charge in [-0.2, -0.15) is 0 Å². The van der Waals surface area contributed by atoms with Crippen molar-refractivity contribution in [2.45, 2.75) is 70.5 Å². The smallest absolute Gasteiger partial charge is 0.0613 e. The number of nitrogens with one attached hydrogen (secondary N) is 1. The Labute approximate surface area is 112 Å². The summed E-state index contributed by atoms with van der Waals surface area (Å²) in [7, 11) is 0. The van der Waals surface area contributed by atoms with Crippen LogP contribution in [-0.2, 0) is 0 Å². The minimum absolute atomic E-state index is 0.00351. The SMILES string of the molecule is CCNC1(CO)CCC(N(CC(C)C)C2CC2)C1. The minimum Gasteiger partial charge on any atom is -0.394 e. The molecule has 0 radical (unpaired) electrons. The van der Waals surface area contributed by atoms with Gasteiger partial charge in [-0.05, 0) is 44.6 Å². The van der Waals surface area contributed by atoms with Crippen LogP contribution in [0.4, 0.5) is 0 Å². The Morgan fingerprint density at radius 2 is 2.00 bits per heavy atom. The topological polar surface area (TPSA) is 35.5 Å². The number of aliphatic hydroxyl groups excluding tert-OH is 1. The lowest BCUT2D eigenvalue weighted by Gasteiger charge is -2.33. The average molecular weight is 254 g/mol. The number of hydrogen-bond donors (Lipinski definition) is 2. The van der Waals surface area contributed by atoms with Crippen LogP contribution in [0.5, 0.6) is 0 Å². The van der Waals surface area contributed by atoms with Gasteiger partial charge in [-0.25, -0.2) is 0 Å². The predicted molar refractivity (Wildman–Crippen MR) is 75.7 cm³/mol. The minimum atomic E-state index is 0.00351. The molecule has 2 saturated carbocycles. The third-order valence-electron chi connectivity index (χ3n) is 4.50. The van der Waals surface area contributed by atoms with E-state index >= 15 is 0 Å². The van der Waals surface area contributed by atoms with E-state index in [1.807, 2.05) is 0 Å². The molecule has 2 fully saturated rings. The van der Waals surface area contributed by atoms with E-state index in [-0.39, 0.29) is 12.1 Å². The molecule has 2 unspecified atom stereocenters. The predicted octanol–water partition coefficient (Wildman–Crippen LogP) is 2.00. The zero-order valence-corrected chi connectivity index (χ0v) is 12.3. The summed E-state index contributed by atoms with van der Waals surface area (Å²) in [6.07, 6.45) is 6.27. The summed E-state index contributed by atoms with van der Waals surface area (Å²) in [4.78, 5) is 2.74. The monoisotopic (exact) mass is 254 g/mol. The van der Waals surface area contributed by atoms with Gasteiger partial charge in [-0.3, -0.25) is 4.90 Å². The molecule has 2 rings (SSSR count). The van der Waals surface area contributed by atoms with Crippen molar-refractivity contribution < 1.29 is 5.11 Å². The van der Waals surface area contributed by atoms with Crippen molar-refractivity contribution in [3.8, 4) is 0 Å². The Hall–Kier alpha value is -0.120. The molecule has 18 heavy (non-hydrogen) atoms. The van der Waals surface area contributed by atoms with Crippen LogP contribution >= 0.6 is 0 Å². The van der Waals surface area contributed by atoms with Crippen LogP contribution in [0.2, 0.25) is 0 Å². The van der Waals surface area contributed by atoms with Gasteiger partial charge < -0.3 is 10.4 Å². The Morgan fingerprint density at radius 3 is 2.50 bits per heavy atom. The molecule has 0 amide bonds. The quantitative estimate of drug-likeness (QED) is 0.729. The summed E-state index contributed by atoms with van der Waals surface area (Å²) in [5.74, 6) is 0.744. The maximum Gasteiger partial charge on any atom is 0.0613 e. The maximum absolute atomic E-state index is 9.70. The lowest BCUT2D eigenvalue weighted by Crippen LogP contribution is -2.48. The van der Waals surface area contributed by atoms with E-state index < -0.39 is 0 Å². The van der Waals surface area contributed by atoms with Gasteiger partial charge >= 0.3 is 0 Å². The summed E-state index contributed by atoms with van der Waals surface area (Å²) < 4.78 is 0. The summed E-state index contributed by atoms with van der Waals surface area (Å²) in [5.41, 5.74) is 0.00351. The van der Waals surface area contributed by atoms with E-state index in [1.54, 1.807) is 0 Å². The molecule has 0 heterocycles. The Morgan fingerprint density at radius 1 is 1.28 bits per heavy atom. The van der Waals surface area contributed by atoms with Crippen molar-refractivity contribution in [3.63, 3.8) is 0 Å². The summed E-state index contributed by atoms with van der Waals surface area (Å²) in [6, 6.07) is 1.53. The van der Waals surface area contributed by atoms with Crippen LogP contribution < -0.4 is 5.32 Å². The van der Waals surface area contributed by atoms with E-state index in [0.29, 0.717) is 6.04 Å². The van der Waals surface area contributed by atoms with Crippen LogP contribution in [0, 0.1) is 5.92 Å². The third-order valence-corrected chi connectivity index (χ3v) is 4.50. The number of rotatable bonds is 7. The van der Waals surface area contributed by atoms with Crippen LogP contribution in [0.1, 0.15) is 52.9 Å². The lowest BCUT2D eigenvalue weighted by atomic mass is 9.98. The van der Waals surface area contributed by atoms with Crippen LogP contribution in [0.3, 0.4) is 0 Å². The molecule has 3 nitrogen and oxygen atoms in total. The van der Waals surface area contributed by atoms with Gasteiger partial charge in [0.25, 0.3) is 0 Å². The molecule has 0 aromatic carbocycles. The molecule has 2 N–H and O–H groups in total. The first-order chi connectivity index (χ1) is 8.60. The van der Waals surface area contributed by atoms with Gasteiger partial charge in [0.1, 0.15) is 0 Å². The molecule has 2 atom stereocenters. The summed E-state index contributed by atoms with van der Waals surface area (Å²) in [6.45, 7) is 9.24. The molecule has 0 aliphatic heterocycles. The highest BCUT2D eigenvalue weighted by atomic mass is 16.3. The second kappa shape index (κ2) is 5.89. The molecule has 0 aromatic heterocycles. The van der Waals surface area contributed by atoms with Gasteiger partial charge in [-0.15, -0.1) is 0 Å². The lowest BCUT2D eigenvalue weighted by molar-refractivity contribution is 0.132. The number of aliphatic hydroxyl groups is 1. The number of nitrogens with zero attached hydrogens (tertiary/aromatic N) is 1. The van der Waals surface area contributed by atoms with Crippen molar-refractivity contribution in [1.29, 1.82) is 0 Å². The van der Waals surface area contributed by atoms with Gasteiger partial charge in [-0.1, -0.05) is 20.8 Å². The molecule has 0 saturated heterocycles. The highest BCUT2D eigenvalue weighted by Gasteiger charge is 2.43. The van der Waals surface area contributed by atoms with Crippen molar-refractivity contribution in [2.75, 3.05) is 19.7 Å². The third kappa shape index (κ3) is 3.25. The molecule has 3 heteroatoms. The highest BCUT2D eigenvalue weighted by molar-refractivity contribution is 5.02. The van der Waals surface area contributed by atoms with Crippen molar-refractivity contribution in [3.05, 3.63) is 0 Å². The Balaban J connectivity index is 1.96. The van der Waals surface area contributed by atoms with Gasteiger partial charge in [0, 0.05) is 24.2 Å². The molecule has 106 valence electrons. The number of likely N-dealkylation sites (N-methyl/N-ethyl adjacent to an activating group) is 1. The van der Waals surface area contributed by atoms with E-state index in [9.17, 15) is 5.11 Å². The number of hydrogen-bond acceptors (Lipinski definition) is 3. The molecule has 2 aliphatic rings. The first kappa shape index (κ1) is 14.3. The molecular formula is C15H30N2O. The molecule has 2 aliphatic carbocycles. The Bertz CT molecular complexity index is 265. The Kier molecular flexibility index (Phi) is 4.68. The second-order valence-electron chi connectivity index (χ2n) is 6.69. The zero-order chi connectivity index (χ0) is 13.2. The fraction of sp³-hybridized carbons (Fsp3) is 1.00. The van der Waals surface area contributed by atoms with E-state index in [2.05, 4.69) is 31.0 Å². The van der Waals surface area contributed by atoms with Gasteiger partial charge in [0.2, 0.25) is 0 Å². The maximum atomic E-state index is 9.70. The van der Waals surface area contributed by atoms with Crippen molar-refractivity contribution in [2.24, 2.45) is 5.92 Å². The fourth-order valence-corrected chi connectivity index (χ4v) is 3.54. The largest absolute Gasteiger partial charge is 0.394 e. The van der Waals surface area contributed by atoms with Crippen LogP contribution in [0.25, 0.3) is 0 Å². The van der Waals surface area contributed by atoms with Crippen LogP contribution in [-0.4, -0.2) is 47.3 Å². The van der Waals surface area contributed by atoms with E-state index in [0.717, 1.165) is 31.3 Å². The zero-order valence-electron chi connectivity index (χ0n) is 12.3. The van der Waals surface area contributed by atoms with Gasteiger partial charge in [0.05, 0.1) is 6.61 Å². The normalized spacial score (nSPS) is 32.7. The average Bonchev–Trinajstić information content (AvgIpc) is 3.08. The van der Waals surface area contributed by atoms with Crippen molar-refractivity contribution >= 4 is 0 Å². The molecular weight excluding hydrogens is 224 g/mol. The van der Waals surface area contributed by atoms with Crippen LogP contribution in [0.15, 0.2) is 0 Å². The van der Waals surface area contributed by atoms with E-state index in [4.69, 9.17) is 0 Å². The molecule has 0 bridgehead atoms. The standard InChI is InChI=1S/C15H30N2O/c1-4-16-15(11-18)8-7-14(9-15)17(10-12(2)3)13-5-6-13/h12-14,16,18H,4-11H2,1-3H3. The van der Waals surface area contributed by atoms with Crippen molar-refractivity contribution in [1.82, 2.24) is 10.2 Å². The highest BCUT2D eigenvalue weighted by Crippen LogP contribution is 2.38. The van der Waals surface area contributed by atoms with Gasteiger partial charge in [0.15, 0.2) is 0 Å². The molecule has 0 aromatic rings. The summed E-state index contributed by atoms with van der Waals surface area (Å²) in [5, 5.41) is 13.2. The van der Waals surface area contributed by atoms with E-state index in [1.165, 1.54) is 25.8 Å². The second-order valence-corrected chi connectivity index (χ2v) is 6.69. The fourth-order valence-electron chi connectivity index (χ4n) is 3.54. The molecule has 0 spiro atoms.